The first-order valence-corrected chi connectivity index (χ1v) is 6.69. The molecule has 0 fully saturated rings. The molecule has 0 bridgehead atoms. The minimum Gasteiger partial charge on any atom is -0.211 e. The molecule has 0 N–H and O–H groups in total. The molecule has 92 valence electrons. The second-order valence-electron chi connectivity index (χ2n) is 3.26. The van der Waals surface area contributed by atoms with Gasteiger partial charge in [-0.3, -0.25) is 0 Å². The molecule has 0 radical (unpaired) electrons. The summed E-state index contributed by atoms with van der Waals surface area (Å²) in [5.74, 6) is 0. The fourth-order valence-corrected chi connectivity index (χ4v) is 3.11. The maximum absolute atomic E-state index is 12.2. The molecule has 0 aliphatic rings. The van der Waals surface area contributed by atoms with Gasteiger partial charge in [-0.05, 0) is 12.1 Å². The highest BCUT2D eigenvalue weighted by atomic mass is 32.2. The summed E-state index contributed by atoms with van der Waals surface area (Å²) in [6, 6.07) is 6.13. The molecule has 0 saturated carbocycles. The van der Waals surface area contributed by atoms with Gasteiger partial charge in [-0.2, -0.15) is 9.30 Å². The minimum atomic E-state index is -3.59. The molecule has 0 spiro atoms. The van der Waals surface area contributed by atoms with Crippen LogP contribution < -0.4 is 0 Å². The maximum Gasteiger partial charge on any atom is 0.245 e. The van der Waals surface area contributed by atoms with Crippen LogP contribution in [0.1, 0.15) is 13.8 Å². The Bertz CT molecular complexity index is 529. The summed E-state index contributed by atoms with van der Waals surface area (Å²) >= 11 is 0. The van der Waals surface area contributed by atoms with Crippen molar-refractivity contribution in [3.63, 3.8) is 0 Å². The Morgan fingerprint density at radius 2 is 1.82 bits per heavy atom. The van der Waals surface area contributed by atoms with Crippen LogP contribution in [0.2, 0.25) is 0 Å². The summed E-state index contributed by atoms with van der Waals surface area (Å²) in [6.45, 7) is 4.26. The normalized spacial score (nSPS) is 11.2. The van der Waals surface area contributed by atoms with E-state index in [1.807, 2.05) is 0 Å². The predicted molar refractivity (Wildman–Crippen MR) is 64.3 cm³/mol. The van der Waals surface area contributed by atoms with E-state index in [1.165, 1.54) is 22.5 Å². The van der Waals surface area contributed by atoms with Crippen LogP contribution in [0.4, 0.5) is 5.69 Å². The number of nitrogens with zero attached hydrogens (tertiary/aromatic N) is 2. The van der Waals surface area contributed by atoms with Crippen molar-refractivity contribution in [3.05, 3.63) is 24.3 Å². The van der Waals surface area contributed by atoms with Gasteiger partial charge >= 0.3 is 0 Å². The molecule has 0 amide bonds. The Labute approximate surface area is 101 Å². The van der Waals surface area contributed by atoms with Crippen LogP contribution in [0.25, 0.3) is 0 Å². The van der Waals surface area contributed by atoms with E-state index in [0.29, 0.717) is 13.1 Å². The third-order valence-electron chi connectivity index (χ3n) is 2.35. The molecular formula is C11H14N2O3S. The standard InChI is InChI=1S/C11H14N2O3S/c1-3-13(4-2)17(15,16)11-8-6-5-7-10(11)12-9-14/h5-8H,3-4H2,1-2H3. The van der Waals surface area contributed by atoms with Crippen molar-refractivity contribution in [1.29, 1.82) is 0 Å². The molecule has 0 aliphatic carbocycles. The Kier molecular flexibility index (Phi) is 4.57. The van der Waals surface area contributed by atoms with Gasteiger partial charge in [0.25, 0.3) is 0 Å². The van der Waals surface area contributed by atoms with Crippen LogP contribution in [-0.2, 0) is 14.8 Å². The van der Waals surface area contributed by atoms with E-state index >= 15 is 0 Å². The van der Waals surface area contributed by atoms with Crippen molar-refractivity contribution >= 4 is 21.8 Å². The number of isocyanates is 1. The van der Waals surface area contributed by atoms with Gasteiger partial charge in [0, 0.05) is 13.1 Å². The van der Waals surface area contributed by atoms with Crippen molar-refractivity contribution in [1.82, 2.24) is 4.31 Å². The average molecular weight is 254 g/mol. The number of para-hydroxylation sites is 1. The van der Waals surface area contributed by atoms with Crippen molar-refractivity contribution in [2.24, 2.45) is 4.99 Å². The molecule has 1 aromatic rings. The minimum absolute atomic E-state index is 0.0343. The molecule has 1 rings (SSSR count). The number of sulfonamides is 1. The Hall–Kier alpha value is -1.49. The average Bonchev–Trinajstić information content (AvgIpc) is 2.31. The van der Waals surface area contributed by atoms with Crippen molar-refractivity contribution in [2.45, 2.75) is 18.7 Å². The van der Waals surface area contributed by atoms with Gasteiger partial charge in [-0.25, -0.2) is 13.2 Å². The van der Waals surface area contributed by atoms with E-state index in [9.17, 15) is 13.2 Å². The van der Waals surface area contributed by atoms with Gasteiger partial charge in [-0.15, -0.1) is 0 Å². The fourth-order valence-electron chi connectivity index (χ4n) is 1.52. The van der Waals surface area contributed by atoms with Crippen molar-refractivity contribution in [3.8, 4) is 0 Å². The van der Waals surface area contributed by atoms with Gasteiger partial charge in [0.15, 0.2) is 0 Å². The zero-order valence-corrected chi connectivity index (χ0v) is 10.6. The monoisotopic (exact) mass is 254 g/mol. The lowest BCUT2D eigenvalue weighted by atomic mass is 10.3. The molecule has 0 aromatic heterocycles. The first-order chi connectivity index (χ1) is 8.07. The van der Waals surface area contributed by atoms with Crippen molar-refractivity contribution < 1.29 is 13.2 Å². The lowest BCUT2D eigenvalue weighted by Gasteiger charge is -2.18. The molecule has 1 aromatic carbocycles. The van der Waals surface area contributed by atoms with Crippen LogP contribution in [0, 0.1) is 0 Å². The SMILES string of the molecule is CCN(CC)S(=O)(=O)c1ccccc1N=C=O. The summed E-state index contributed by atoms with van der Waals surface area (Å²) < 4.78 is 25.8. The molecule has 0 aliphatic heterocycles. The quantitative estimate of drug-likeness (QED) is 0.593. The zero-order chi connectivity index (χ0) is 12.9. The molecule has 0 saturated heterocycles. The molecule has 17 heavy (non-hydrogen) atoms. The smallest absolute Gasteiger partial charge is 0.211 e. The van der Waals surface area contributed by atoms with Gasteiger partial charge in [0.2, 0.25) is 16.1 Å². The first kappa shape index (κ1) is 13.6. The van der Waals surface area contributed by atoms with Gasteiger partial charge in [-0.1, -0.05) is 26.0 Å². The molecular weight excluding hydrogens is 240 g/mol. The van der Waals surface area contributed by atoms with Crippen LogP contribution >= 0.6 is 0 Å². The molecule has 6 heteroatoms. The largest absolute Gasteiger partial charge is 0.245 e. The summed E-state index contributed by atoms with van der Waals surface area (Å²) in [5.41, 5.74) is 0.120. The summed E-state index contributed by atoms with van der Waals surface area (Å²) in [6.07, 6.45) is 1.36. The highest BCUT2D eigenvalue weighted by Gasteiger charge is 2.24. The van der Waals surface area contributed by atoms with Crippen LogP contribution in [0.5, 0.6) is 0 Å². The van der Waals surface area contributed by atoms with E-state index in [0.717, 1.165) is 0 Å². The highest BCUT2D eigenvalue weighted by molar-refractivity contribution is 7.89. The van der Waals surface area contributed by atoms with E-state index in [-0.39, 0.29) is 10.6 Å². The van der Waals surface area contributed by atoms with Crippen molar-refractivity contribution in [2.75, 3.05) is 13.1 Å². The molecule has 0 heterocycles. The number of benzene rings is 1. The summed E-state index contributed by atoms with van der Waals surface area (Å²) in [4.78, 5) is 13.7. The number of hydrogen-bond acceptors (Lipinski definition) is 4. The van der Waals surface area contributed by atoms with E-state index in [2.05, 4.69) is 4.99 Å². The maximum atomic E-state index is 12.2. The Balaban J connectivity index is 3.37. The number of hydrogen-bond donors (Lipinski definition) is 0. The van der Waals surface area contributed by atoms with Gasteiger partial charge in [0.05, 0.1) is 5.69 Å². The predicted octanol–water partition coefficient (Wildman–Crippen LogP) is 1.68. The number of aliphatic imine (C=N–C) groups is 1. The first-order valence-electron chi connectivity index (χ1n) is 5.25. The molecule has 0 unspecified atom stereocenters. The van der Waals surface area contributed by atoms with E-state index in [4.69, 9.17) is 0 Å². The van der Waals surface area contributed by atoms with E-state index in [1.54, 1.807) is 26.0 Å². The number of rotatable bonds is 5. The Morgan fingerprint density at radius 1 is 1.24 bits per heavy atom. The summed E-state index contributed by atoms with van der Waals surface area (Å²) in [5, 5.41) is 0. The van der Waals surface area contributed by atoms with Gasteiger partial charge in [0.1, 0.15) is 4.90 Å². The lowest BCUT2D eigenvalue weighted by molar-refractivity contribution is 0.445. The lowest BCUT2D eigenvalue weighted by Crippen LogP contribution is -2.30. The van der Waals surface area contributed by atoms with Crippen LogP contribution in [0.3, 0.4) is 0 Å². The zero-order valence-electron chi connectivity index (χ0n) is 9.75. The topological polar surface area (TPSA) is 66.8 Å². The van der Waals surface area contributed by atoms with Crippen LogP contribution in [0.15, 0.2) is 34.2 Å². The highest BCUT2D eigenvalue weighted by Crippen LogP contribution is 2.26. The van der Waals surface area contributed by atoms with Crippen LogP contribution in [-0.4, -0.2) is 31.9 Å². The number of carbonyl (C=O) groups excluding carboxylic acids is 1. The molecule has 5 nitrogen and oxygen atoms in total. The Morgan fingerprint density at radius 3 is 2.35 bits per heavy atom. The third-order valence-corrected chi connectivity index (χ3v) is 4.45. The van der Waals surface area contributed by atoms with Gasteiger partial charge < -0.3 is 0 Å². The molecule has 0 atom stereocenters. The second kappa shape index (κ2) is 5.72. The fraction of sp³-hybridized carbons (Fsp3) is 0.364. The van der Waals surface area contributed by atoms with E-state index < -0.39 is 10.0 Å². The third kappa shape index (κ3) is 2.79. The second-order valence-corrected chi connectivity index (χ2v) is 5.17. The summed E-state index contributed by atoms with van der Waals surface area (Å²) in [7, 11) is -3.59.